The van der Waals surface area contributed by atoms with E-state index in [9.17, 15) is 8.42 Å². The van der Waals surface area contributed by atoms with E-state index in [2.05, 4.69) is 11.8 Å². The molecule has 1 aliphatic heterocycles. The fourth-order valence-electron chi connectivity index (χ4n) is 1.60. The van der Waals surface area contributed by atoms with Crippen LogP contribution in [0.15, 0.2) is 0 Å². The highest BCUT2D eigenvalue weighted by Crippen LogP contribution is 2.05. The van der Waals surface area contributed by atoms with Gasteiger partial charge in [-0.15, -0.1) is 0 Å². The molecule has 5 heteroatoms. The second-order valence-corrected chi connectivity index (χ2v) is 5.49. The summed E-state index contributed by atoms with van der Waals surface area (Å²) in [5.41, 5.74) is 0. The quantitative estimate of drug-likeness (QED) is 0.651. The van der Waals surface area contributed by atoms with Crippen LogP contribution in [0.25, 0.3) is 0 Å². The minimum atomic E-state index is -2.96. The van der Waals surface area contributed by atoms with Crippen LogP contribution in [-0.4, -0.2) is 56.6 Å². The Morgan fingerprint density at radius 1 is 1.15 bits per heavy atom. The molecule has 1 aliphatic rings. The van der Waals surface area contributed by atoms with Gasteiger partial charge in [0.15, 0.2) is 0 Å². The number of sulfonamides is 1. The predicted octanol–water partition coefficient (Wildman–Crippen LogP) is -0.0264. The molecule has 0 amide bonds. The zero-order valence-electron chi connectivity index (χ0n) is 8.36. The zero-order valence-corrected chi connectivity index (χ0v) is 9.18. The molecular formula is C8H18N2O2S. The van der Waals surface area contributed by atoms with E-state index >= 15 is 0 Å². The van der Waals surface area contributed by atoms with Crippen molar-refractivity contribution in [2.24, 2.45) is 0 Å². The fraction of sp³-hybridized carbons (Fsp3) is 1.00. The molecule has 0 radical (unpaired) electrons. The lowest BCUT2D eigenvalue weighted by Crippen LogP contribution is -2.48. The molecule has 0 aromatic carbocycles. The molecule has 0 N–H and O–H groups in total. The van der Waals surface area contributed by atoms with Gasteiger partial charge in [0.2, 0.25) is 10.0 Å². The third kappa shape index (κ3) is 3.25. The largest absolute Gasteiger partial charge is 0.301 e. The maximum absolute atomic E-state index is 11.2. The molecule has 0 bridgehead atoms. The Kier molecular flexibility index (Phi) is 3.70. The summed E-state index contributed by atoms with van der Waals surface area (Å²) in [5, 5.41) is 0. The molecule has 1 heterocycles. The standard InChI is InChI=1S/C8H18N2O2S/c1-3-4-9-5-7-10(8-6-9)13(2,11)12/h3-8H2,1-2H3. The molecule has 0 spiro atoms. The molecule has 1 saturated heterocycles. The second-order valence-electron chi connectivity index (χ2n) is 3.50. The van der Waals surface area contributed by atoms with Crippen LogP contribution in [-0.2, 0) is 10.0 Å². The van der Waals surface area contributed by atoms with Crippen LogP contribution in [0.1, 0.15) is 13.3 Å². The van der Waals surface area contributed by atoms with Crippen molar-refractivity contribution >= 4 is 10.0 Å². The predicted molar refractivity (Wildman–Crippen MR) is 53.1 cm³/mol. The van der Waals surface area contributed by atoms with Crippen molar-refractivity contribution in [1.29, 1.82) is 0 Å². The Morgan fingerprint density at radius 2 is 1.69 bits per heavy atom. The van der Waals surface area contributed by atoms with E-state index in [4.69, 9.17) is 0 Å². The van der Waals surface area contributed by atoms with Gasteiger partial charge in [-0.1, -0.05) is 6.92 Å². The van der Waals surface area contributed by atoms with Crippen molar-refractivity contribution in [2.75, 3.05) is 39.0 Å². The van der Waals surface area contributed by atoms with Gasteiger partial charge >= 0.3 is 0 Å². The molecule has 4 nitrogen and oxygen atoms in total. The normalized spacial score (nSPS) is 22.0. The Balaban J connectivity index is 2.39. The summed E-state index contributed by atoms with van der Waals surface area (Å²) in [6.07, 6.45) is 2.42. The Hall–Kier alpha value is -0.130. The van der Waals surface area contributed by atoms with Crippen molar-refractivity contribution in [1.82, 2.24) is 9.21 Å². The molecule has 0 aromatic rings. The van der Waals surface area contributed by atoms with Crippen molar-refractivity contribution < 1.29 is 8.42 Å². The molecule has 0 aliphatic carbocycles. The molecule has 0 unspecified atom stereocenters. The van der Waals surface area contributed by atoms with Crippen LogP contribution >= 0.6 is 0 Å². The lowest BCUT2D eigenvalue weighted by Gasteiger charge is -2.32. The van der Waals surface area contributed by atoms with Gasteiger partial charge in [0.05, 0.1) is 6.26 Å². The monoisotopic (exact) mass is 206 g/mol. The maximum Gasteiger partial charge on any atom is 0.211 e. The van der Waals surface area contributed by atoms with E-state index in [1.54, 1.807) is 4.31 Å². The minimum Gasteiger partial charge on any atom is -0.301 e. The van der Waals surface area contributed by atoms with Crippen molar-refractivity contribution in [3.8, 4) is 0 Å². The lowest BCUT2D eigenvalue weighted by molar-refractivity contribution is 0.189. The highest BCUT2D eigenvalue weighted by molar-refractivity contribution is 7.88. The number of piperazine rings is 1. The van der Waals surface area contributed by atoms with Gasteiger partial charge in [-0.3, -0.25) is 0 Å². The third-order valence-electron chi connectivity index (χ3n) is 2.34. The van der Waals surface area contributed by atoms with Crippen LogP contribution < -0.4 is 0 Å². The first-order valence-electron chi connectivity index (χ1n) is 4.71. The Morgan fingerprint density at radius 3 is 2.08 bits per heavy atom. The molecule has 0 aromatic heterocycles. The number of nitrogens with zero attached hydrogens (tertiary/aromatic N) is 2. The van der Waals surface area contributed by atoms with E-state index in [0.29, 0.717) is 13.1 Å². The summed E-state index contributed by atoms with van der Waals surface area (Å²) < 4.78 is 23.9. The summed E-state index contributed by atoms with van der Waals surface area (Å²) in [6, 6.07) is 0. The van der Waals surface area contributed by atoms with Crippen LogP contribution in [0, 0.1) is 0 Å². The average molecular weight is 206 g/mol. The van der Waals surface area contributed by atoms with Crippen LogP contribution in [0.3, 0.4) is 0 Å². The van der Waals surface area contributed by atoms with Gasteiger partial charge in [0.1, 0.15) is 0 Å². The topological polar surface area (TPSA) is 40.6 Å². The van der Waals surface area contributed by atoms with Crippen molar-refractivity contribution in [2.45, 2.75) is 13.3 Å². The number of hydrogen-bond donors (Lipinski definition) is 0. The van der Waals surface area contributed by atoms with Crippen LogP contribution in [0.5, 0.6) is 0 Å². The van der Waals surface area contributed by atoms with Crippen LogP contribution in [0.2, 0.25) is 0 Å². The van der Waals surface area contributed by atoms with Gasteiger partial charge in [0.25, 0.3) is 0 Å². The van der Waals surface area contributed by atoms with E-state index in [1.807, 2.05) is 0 Å². The summed E-state index contributed by atoms with van der Waals surface area (Å²) in [5.74, 6) is 0. The van der Waals surface area contributed by atoms with Crippen molar-refractivity contribution in [3.05, 3.63) is 0 Å². The highest BCUT2D eigenvalue weighted by Gasteiger charge is 2.22. The molecular weight excluding hydrogens is 188 g/mol. The maximum atomic E-state index is 11.2. The van der Waals surface area contributed by atoms with Gasteiger partial charge < -0.3 is 4.90 Å². The summed E-state index contributed by atoms with van der Waals surface area (Å²) in [4.78, 5) is 2.31. The lowest BCUT2D eigenvalue weighted by atomic mass is 10.3. The highest BCUT2D eigenvalue weighted by atomic mass is 32.2. The van der Waals surface area contributed by atoms with Gasteiger partial charge in [0, 0.05) is 26.2 Å². The molecule has 1 fully saturated rings. The SMILES string of the molecule is CCCN1CCN(S(C)(=O)=O)CC1. The average Bonchev–Trinajstić information content (AvgIpc) is 2.04. The van der Waals surface area contributed by atoms with E-state index in [1.165, 1.54) is 6.26 Å². The molecule has 0 saturated carbocycles. The van der Waals surface area contributed by atoms with E-state index in [0.717, 1.165) is 26.1 Å². The Labute approximate surface area is 80.6 Å². The van der Waals surface area contributed by atoms with E-state index in [-0.39, 0.29) is 0 Å². The minimum absolute atomic E-state index is 0.652. The number of hydrogen-bond acceptors (Lipinski definition) is 3. The fourth-order valence-corrected chi connectivity index (χ4v) is 2.43. The zero-order chi connectivity index (χ0) is 9.90. The van der Waals surface area contributed by atoms with Crippen LogP contribution in [0.4, 0.5) is 0 Å². The first kappa shape index (κ1) is 10.9. The first-order chi connectivity index (χ1) is 6.04. The summed E-state index contributed by atoms with van der Waals surface area (Å²) in [6.45, 7) is 6.28. The molecule has 1 rings (SSSR count). The van der Waals surface area contributed by atoms with Gasteiger partial charge in [-0.25, -0.2) is 8.42 Å². The van der Waals surface area contributed by atoms with Gasteiger partial charge in [-0.2, -0.15) is 4.31 Å². The second kappa shape index (κ2) is 4.39. The van der Waals surface area contributed by atoms with Crippen molar-refractivity contribution in [3.63, 3.8) is 0 Å². The first-order valence-corrected chi connectivity index (χ1v) is 6.56. The number of rotatable bonds is 3. The summed E-state index contributed by atoms with van der Waals surface area (Å²) >= 11 is 0. The van der Waals surface area contributed by atoms with Gasteiger partial charge in [-0.05, 0) is 13.0 Å². The summed E-state index contributed by atoms with van der Waals surface area (Å²) in [7, 11) is -2.96. The Bertz CT molecular complexity index is 243. The smallest absolute Gasteiger partial charge is 0.211 e. The molecule has 13 heavy (non-hydrogen) atoms. The molecule has 78 valence electrons. The van der Waals surface area contributed by atoms with E-state index < -0.39 is 10.0 Å². The third-order valence-corrected chi connectivity index (χ3v) is 3.64. The molecule has 0 atom stereocenters.